The van der Waals surface area contributed by atoms with E-state index in [9.17, 15) is 9.59 Å². The smallest absolute Gasteiger partial charge is 0.293 e. The number of hydrogen-bond donors (Lipinski definition) is 0. The predicted molar refractivity (Wildman–Crippen MR) is 80.6 cm³/mol. The van der Waals surface area contributed by atoms with Crippen molar-refractivity contribution in [3.63, 3.8) is 0 Å². The molecule has 2 aromatic carbocycles. The first-order chi connectivity index (χ1) is 10.3. The number of ketones is 1. The number of benzene rings is 2. The summed E-state index contributed by atoms with van der Waals surface area (Å²) in [7, 11) is 0. The molecule has 1 aliphatic heterocycles. The Bertz CT molecular complexity index is 637. The first kappa shape index (κ1) is 13.6. The minimum absolute atomic E-state index is 0.248. The Balaban J connectivity index is 1.63. The first-order valence-electron chi connectivity index (χ1n) is 7.18. The molecular weight excluding hydrogens is 262 g/mol. The maximum absolute atomic E-state index is 11.8. The summed E-state index contributed by atoms with van der Waals surface area (Å²) in [6, 6.07) is 19.6. The van der Waals surface area contributed by atoms with Crippen LogP contribution < -0.4 is 0 Å². The molecule has 1 amide bonds. The highest BCUT2D eigenvalue weighted by Crippen LogP contribution is 2.23. The van der Waals surface area contributed by atoms with Crippen LogP contribution in [0.3, 0.4) is 0 Å². The lowest BCUT2D eigenvalue weighted by Gasteiger charge is -2.38. The quantitative estimate of drug-likeness (QED) is 0.623. The van der Waals surface area contributed by atoms with Crippen LogP contribution in [-0.4, -0.2) is 22.6 Å². The molecule has 106 valence electrons. The number of aryl methyl sites for hydroxylation is 1. The SMILES string of the molecule is O=C1C(=O)N(Cc2ccccc2)C1CCc1ccccc1. The molecule has 2 aromatic rings. The van der Waals surface area contributed by atoms with Crippen LogP contribution in [-0.2, 0) is 22.6 Å². The van der Waals surface area contributed by atoms with Crippen LogP contribution >= 0.6 is 0 Å². The van der Waals surface area contributed by atoms with Gasteiger partial charge in [-0.25, -0.2) is 0 Å². The molecule has 0 aromatic heterocycles. The van der Waals surface area contributed by atoms with Gasteiger partial charge in [-0.05, 0) is 24.0 Å². The van der Waals surface area contributed by atoms with E-state index in [-0.39, 0.29) is 17.7 Å². The van der Waals surface area contributed by atoms with Gasteiger partial charge in [0.2, 0.25) is 5.78 Å². The lowest BCUT2D eigenvalue weighted by atomic mass is 9.92. The van der Waals surface area contributed by atoms with Gasteiger partial charge in [0.1, 0.15) is 6.04 Å². The van der Waals surface area contributed by atoms with E-state index >= 15 is 0 Å². The molecule has 1 unspecified atom stereocenters. The number of β-lactam (4-membered cyclic amide) rings is 1. The molecule has 1 fully saturated rings. The van der Waals surface area contributed by atoms with E-state index in [1.54, 1.807) is 4.90 Å². The molecular formula is C18H17NO2. The number of nitrogens with zero attached hydrogens (tertiary/aromatic N) is 1. The van der Waals surface area contributed by atoms with E-state index in [0.29, 0.717) is 13.0 Å². The lowest BCUT2D eigenvalue weighted by Crippen LogP contribution is -2.61. The number of carbonyl (C=O) groups is 2. The van der Waals surface area contributed by atoms with Crippen LogP contribution in [0.5, 0.6) is 0 Å². The summed E-state index contributed by atoms with van der Waals surface area (Å²) >= 11 is 0. The zero-order chi connectivity index (χ0) is 14.7. The minimum atomic E-state index is -0.350. The van der Waals surface area contributed by atoms with E-state index in [0.717, 1.165) is 12.0 Å². The molecule has 1 aliphatic rings. The molecule has 0 saturated carbocycles. The highest BCUT2D eigenvalue weighted by atomic mass is 16.2. The number of hydrogen-bond acceptors (Lipinski definition) is 2. The van der Waals surface area contributed by atoms with Crippen LogP contribution in [0.2, 0.25) is 0 Å². The number of Topliss-reactive ketones (excluding diaryl/α,β-unsaturated/α-hetero) is 1. The molecule has 3 nitrogen and oxygen atoms in total. The Hall–Kier alpha value is -2.42. The van der Waals surface area contributed by atoms with Crippen LogP contribution in [0.4, 0.5) is 0 Å². The van der Waals surface area contributed by atoms with Crippen LogP contribution in [0.25, 0.3) is 0 Å². The molecule has 21 heavy (non-hydrogen) atoms. The molecule has 0 aliphatic carbocycles. The third-order valence-corrected chi connectivity index (χ3v) is 3.90. The van der Waals surface area contributed by atoms with Crippen molar-refractivity contribution in [3.05, 3.63) is 71.8 Å². The van der Waals surface area contributed by atoms with Crippen molar-refractivity contribution in [2.24, 2.45) is 0 Å². The van der Waals surface area contributed by atoms with Crippen molar-refractivity contribution in [2.75, 3.05) is 0 Å². The predicted octanol–water partition coefficient (Wildman–Crippen LogP) is 2.60. The Labute approximate surface area is 124 Å². The van der Waals surface area contributed by atoms with Crippen molar-refractivity contribution in [2.45, 2.75) is 25.4 Å². The Kier molecular flexibility index (Phi) is 3.82. The van der Waals surface area contributed by atoms with E-state index in [2.05, 4.69) is 0 Å². The summed E-state index contributed by atoms with van der Waals surface area (Å²) < 4.78 is 0. The third-order valence-electron chi connectivity index (χ3n) is 3.90. The monoisotopic (exact) mass is 279 g/mol. The van der Waals surface area contributed by atoms with Crippen LogP contribution in [0.15, 0.2) is 60.7 Å². The van der Waals surface area contributed by atoms with Gasteiger partial charge in [0.25, 0.3) is 5.91 Å². The zero-order valence-electron chi connectivity index (χ0n) is 11.7. The summed E-state index contributed by atoms with van der Waals surface area (Å²) in [6.45, 7) is 0.519. The van der Waals surface area contributed by atoms with Gasteiger partial charge in [-0.15, -0.1) is 0 Å². The lowest BCUT2D eigenvalue weighted by molar-refractivity contribution is -0.161. The molecule has 3 rings (SSSR count). The fraction of sp³-hybridized carbons (Fsp3) is 0.222. The van der Waals surface area contributed by atoms with Gasteiger partial charge in [0, 0.05) is 6.54 Å². The Morgan fingerprint density at radius 3 is 2.00 bits per heavy atom. The normalized spacial score (nSPS) is 17.7. The number of likely N-dealkylation sites (tertiary alicyclic amines) is 1. The summed E-state index contributed by atoms with van der Waals surface area (Å²) in [5, 5.41) is 0. The molecule has 3 heteroatoms. The van der Waals surface area contributed by atoms with Gasteiger partial charge in [0.05, 0.1) is 0 Å². The summed E-state index contributed by atoms with van der Waals surface area (Å²) in [5.41, 5.74) is 2.26. The molecule has 1 atom stereocenters. The van der Waals surface area contributed by atoms with Crippen molar-refractivity contribution in [3.8, 4) is 0 Å². The fourth-order valence-corrected chi connectivity index (χ4v) is 2.70. The summed E-state index contributed by atoms with van der Waals surface area (Å²) in [5.74, 6) is -0.598. The average molecular weight is 279 g/mol. The molecule has 0 bridgehead atoms. The van der Waals surface area contributed by atoms with Crippen molar-refractivity contribution in [1.82, 2.24) is 4.90 Å². The van der Waals surface area contributed by atoms with Gasteiger partial charge in [-0.1, -0.05) is 60.7 Å². The summed E-state index contributed by atoms with van der Waals surface area (Å²) in [4.78, 5) is 25.2. The standard InChI is InChI=1S/C18H17NO2/c20-17-16(12-11-14-7-3-1-4-8-14)19(18(17)21)13-15-9-5-2-6-10-15/h1-10,16H,11-13H2. The van der Waals surface area contributed by atoms with Crippen molar-refractivity contribution in [1.29, 1.82) is 0 Å². The second-order valence-electron chi connectivity index (χ2n) is 5.32. The van der Waals surface area contributed by atoms with Gasteiger partial charge in [0.15, 0.2) is 0 Å². The second kappa shape index (κ2) is 5.92. The molecule has 1 saturated heterocycles. The van der Waals surface area contributed by atoms with Crippen LogP contribution in [0.1, 0.15) is 17.5 Å². The molecule has 0 spiro atoms. The second-order valence-corrected chi connectivity index (χ2v) is 5.32. The van der Waals surface area contributed by atoms with Crippen molar-refractivity contribution >= 4 is 11.7 Å². The average Bonchev–Trinajstić information content (AvgIpc) is 2.55. The van der Waals surface area contributed by atoms with E-state index in [1.807, 2.05) is 60.7 Å². The van der Waals surface area contributed by atoms with Gasteiger partial charge >= 0.3 is 0 Å². The van der Waals surface area contributed by atoms with Gasteiger partial charge < -0.3 is 4.90 Å². The molecule has 0 N–H and O–H groups in total. The molecule has 1 heterocycles. The maximum atomic E-state index is 11.8. The number of rotatable bonds is 5. The molecule has 0 radical (unpaired) electrons. The van der Waals surface area contributed by atoms with Gasteiger partial charge in [-0.2, -0.15) is 0 Å². The van der Waals surface area contributed by atoms with Gasteiger partial charge in [-0.3, -0.25) is 9.59 Å². The van der Waals surface area contributed by atoms with Crippen LogP contribution in [0, 0.1) is 0 Å². The first-order valence-corrected chi connectivity index (χ1v) is 7.18. The minimum Gasteiger partial charge on any atom is -0.321 e. The van der Waals surface area contributed by atoms with Crippen molar-refractivity contribution < 1.29 is 9.59 Å². The zero-order valence-corrected chi connectivity index (χ0v) is 11.7. The summed E-state index contributed by atoms with van der Waals surface area (Å²) in [6.07, 6.45) is 1.51. The maximum Gasteiger partial charge on any atom is 0.293 e. The number of amides is 1. The fourth-order valence-electron chi connectivity index (χ4n) is 2.70. The Morgan fingerprint density at radius 2 is 1.38 bits per heavy atom. The Morgan fingerprint density at radius 1 is 0.810 bits per heavy atom. The third kappa shape index (κ3) is 2.87. The largest absolute Gasteiger partial charge is 0.321 e. The van der Waals surface area contributed by atoms with E-state index in [1.165, 1.54) is 5.56 Å². The highest BCUT2D eigenvalue weighted by Gasteiger charge is 2.45. The topological polar surface area (TPSA) is 37.4 Å². The van der Waals surface area contributed by atoms with E-state index < -0.39 is 0 Å². The van der Waals surface area contributed by atoms with E-state index in [4.69, 9.17) is 0 Å². The highest BCUT2D eigenvalue weighted by molar-refractivity contribution is 6.44. The number of carbonyl (C=O) groups excluding carboxylic acids is 2.